The summed E-state index contributed by atoms with van der Waals surface area (Å²) in [4.78, 5) is 6.86. The van der Waals surface area contributed by atoms with Crippen molar-refractivity contribution in [1.82, 2.24) is 14.9 Å². The molecule has 1 aliphatic heterocycles. The first-order valence-corrected chi connectivity index (χ1v) is 7.76. The van der Waals surface area contributed by atoms with Gasteiger partial charge in [-0.2, -0.15) is 0 Å². The van der Waals surface area contributed by atoms with Crippen molar-refractivity contribution in [3.05, 3.63) is 18.5 Å². The summed E-state index contributed by atoms with van der Waals surface area (Å²) in [6.07, 6.45) is 0.794. The Morgan fingerprint density at radius 1 is 1.27 bits per heavy atom. The zero-order valence-corrected chi connectivity index (χ0v) is 13.3. The molecule has 5 nitrogen and oxygen atoms in total. The van der Waals surface area contributed by atoms with Gasteiger partial charge in [0.05, 0.1) is 30.7 Å². The number of nitrogens with zero attached hydrogens (tertiary/aromatic N) is 3. The smallest absolute Gasteiger partial charge is 0.123 e. The standard InChI is InChI=1S/C16H23FN4O/c1-11(17)12(2)21-10-19-16-14(20-6-4-18-5-7-20)8-13(22-3)9-15(16)21/h8-12,18H,4-7H2,1-3H3/t11-,12+/m1/s1. The molecule has 1 aliphatic rings. The van der Waals surface area contributed by atoms with Crippen LogP contribution in [0, 0.1) is 0 Å². The number of imidazole rings is 1. The minimum absolute atomic E-state index is 0.257. The molecular weight excluding hydrogens is 283 g/mol. The normalized spacial score (nSPS) is 18.5. The molecule has 120 valence electrons. The average molecular weight is 306 g/mol. The molecule has 2 atom stereocenters. The predicted molar refractivity (Wildman–Crippen MR) is 86.6 cm³/mol. The predicted octanol–water partition coefficient (Wildman–Crippen LogP) is 2.37. The van der Waals surface area contributed by atoms with Gasteiger partial charge in [-0.25, -0.2) is 9.37 Å². The number of halogens is 1. The van der Waals surface area contributed by atoms with E-state index < -0.39 is 6.17 Å². The molecular formula is C16H23FN4O. The number of alkyl halides is 1. The van der Waals surface area contributed by atoms with Crippen LogP contribution in [0.2, 0.25) is 0 Å². The number of hydrogen-bond acceptors (Lipinski definition) is 4. The minimum atomic E-state index is -0.939. The minimum Gasteiger partial charge on any atom is -0.497 e. The highest BCUT2D eigenvalue weighted by molar-refractivity contribution is 5.91. The van der Waals surface area contributed by atoms with Crippen LogP contribution in [0.3, 0.4) is 0 Å². The number of fused-ring (bicyclic) bond motifs is 1. The summed E-state index contributed by atoms with van der Waals surface area (Å²) in [5.74, 6) is 0.779. The Morgan fingerprint density at radius 3 is 2.64 bits per heavy atom. The van der Waals surface area contributed by atoms with Gasteiger partial charge >= 0.3 is 0 Å². The number of hydrogen-bond donors (Lipinski definition) is 1. The molecule has 0 aliphatic carbocycles. The Morgan fingerprint density at radius 2 is 2.00 bits per heavy atom. The SMILES string of the molecule is COc1cc(N2CCNCC2)c2ncn([C@@H](C)[C@@H](C)F)c2c1. The Kier molecular flexibility index (Phi) is 4.20. The Balaban J connectivity index is 2.11. The molecule has 1 saturated heterocycles. The molecule has 1 aromatic carbocycles. The first kappa shape index (κ1) is 15.1. The summed E-state index contributed by atoms with van der Waals surface area (Å²) >= 11 is 0. The van der Waals surface area contributed by atoms with E-state index >= 15 is 0 Å². The molecule has 0 unspecified atom stereocenters. The topological polar surface area (TPSA) is 42.3 Å². The first-order chi connectivity index (χ1) is 10.6. The van der Waals surface area contributed by atoms with E-state index in [2.05, 4.69) is 15.2 Å². The third kappa shape index (κ3) is 2.63. The Labute approximate surface area is 130 Å². The van der Waals surface area contributed by atoms with Gasteiger partial charge in [-0.3, -0.25) is 0 Å². The van der Waals surface area contributed by atoms with Gasteiger partial charge in [0.2, 0.25) is 0 Å². The van der Waals surface area contributed by atoms with Crippen LogP contribution in [0.5, 0.6) is 5.75 Å². The Bertz CT molecular complexity index is 649. The molecule has 1 N–H and O–H groups in total. The third-order valence-electron chi connectivity index (χ3n) is 4.43. The molecule has 2 heterocycles. The van der Waals surface area contributed by atoms with Gasteiger partial charge in [0.25, 0.3) is 0 Å². The second-order valence-electron chi connectivity index (χ2n) is 5.82. The van der Waals surface area contributed by atoms with Crippen LogP contribution < -0.4 is 15.0 Å². The van der Waals surface area contributed by atoms with Gasteiger partial charge in [-0.15, -0.1) is 0 Å². The molecule has 0 spiro atoms. The van der Waals surface area contributed by atoms with Crippen molar-refractivity contribution in [3.63, 3.8) is 0 Å². The van der Waals surface area contributed by atoms with Crippen LogP contribution >= 0.6 is 0 Å². The highest BCUT2D eigenvalue weighted by atomic mass is 19.1. The molecule has 0 saturated carbocycles. The lowest BCUT2D eigenvalue weighted by atomic mass is 10.2. The van der Waals surface area contributed by atoms with Gasteiger partial charge in [0, 0.05) is 38.3 Å². The molecule has 1 aromatic heterocycles. The van der Waals surface area contributed by atoms with Crippen LogP contribution in [0.15, 0.2) is 18.5 Å². The van der Waals surface area contributed by atoms with Gasteiger partial charge in [-0.1, -0.05) is 0 Å². The summed E-state index contributed by atoms with van der Waals surface area (Å²) in [5.41, 5.74) is 2.90. The van der Waals surface area contributed by atoms with Gasteiger partial charge in [0.1, 0.15) is 17.4 Å². The summed E-state index contributed by atoms with van der Waals surface area (Å²) in [6, 6.07) is 3.70. The summed E-state index contributed by atoms with van der Waals surface area (Å²) in [5, 5.41) is 3.35. The Hall–Kier alpha value is -1.82. The molecule has 2 aromatic rings. The van der Waals surface area contributed by atoms with Gasteiger partial charge in [-0.05, 0) is 13.8 Å². The molecule has 0 radical (unpaired) electrons. The van der Waals surface area contributed by atoms with Crippen LogP contribution in [0.25, 0.3) is 11.0 Å². The maximum Gasteiger partial charge on any atom is 0.123 e. The number of ether oxygens (including phenoxy) is 1. The van der Waals surface area contributed by atoms with Crippen LogP contribution in [0.1, 0.15) is 19.9 Å². The van der Waals surface area contributed by atoms with E-state index in [0.29, 0.717) is 0 Å². The van der Waals surface area contributed by atoms with Gasteiger partial charge < -0.3 is 19.5 Å². The van der Waals surface area contributed by atoms with E-state index in [1.54, 1.807) is 20.4 Å². The monoisotopic (exact) mass is 306 g/mol. The van der Waals surface area contributed by atoms with Crippen LogP contribution in [-0.2, 0) is 0 Å². The highest BCUT2D eigenvalue weighted by Gasteiger charge is 2.21. The number of rotatable bonds is 4. The number of nitrogens with one attached hydrogen (secondary N) is 1. The van der Waals surface area contributed by atoms with Crippen molar-refractivity contribution in [3.8, 4) is 5.75 Å². The van der Waals surface area contributed by atoms with Crippen molar-refractivity contribution >= 4 is 16.7 Å². The number of aromatic nitrogens is 2. The fourth-order valence-corrected chi connectivity index (χ4v) is 2.90. The highest BCUT2D eigenvalue weighted by Crippen LogP contribution is 2.33. The third-order valence-corrected chi connectivity index (χ3v) is 4.43. The van der Waals surface area contributed by atoms with Crippen molar-refractivity contribution in [2.75, 3.05) is 38.2 Å². The van der Waals surface area contributed by atoms with Gasteiger partial charge in [0.15, 0.2) is 0 Å². The lowest BCUT2D eigenvalue weighted by Gasteiger charge is -2.30. The number of anilines is 1. The van der Waals surface area contributed by atoms with E-state index in [1.807, 2.05) is 23.6 Å². The van der Waals surface area contributed by atoms with Crippen molar-refractivity contribution in [2.45, 2.75) is 26.1 Å². The quantitative estimate of drug-likeness (QED) is 0.942. The van der Waals surface area contributed by atoms with Crippen molar-refractivity contribution < 1.29 is 9.13 Å². The molecule has 22 heavy (non-hydrogen) atoms. The van der Waals surface area contributed by atoms with E-state index in [-0.39, 0.29) is 6.04 Å². The summed E-state index contributed by atoms with van der Waals surface area (Å²) < 4.78 is 21.1. The fourth-order valence-electron chi connectivity index (χ4n) is 2.90. The van der Waals surface area contributed by atoms with Crippen LogP contribution in [0.4, 0.5) is 10.1 Å². The lowest BCUT2D eigenvalue weighted by molar-refractivity contribution is 0.268. The molecule has 3 rings (SSSR count). The molecule has 0 amide bonds. The zero-order chi connectivity index (χ0) is 15.7. The van der Waals surface area contributed by atoms with Crippen molar-refractivity contribution in [2.24, 2.45) is 0 Å². The second-order valence-corrected chi connectivity index (χ2v) is 5.82. The fraction of sp³-hybridized carbons (Fsp3) is 0.562. The second kappa shape index (κ2) is 6.12. The van der Waals surface area contributed by atoms with Crippen molar-refractivity contribution in [1.29, 1.82) is 0 Å². The molecule has 6 heteroatoms. The number of methoxy groups -OCH3 is 1. The maximum atomic E-state index is 13.7. The average Bonchev–Trinajstić information content (AvgIpc) is 2.97. The van der Waals surface area contributed by atoms with Crippen LogP contribution in [-0.4, -0.2) is 49.0 Å². The first-order valence-electron chi connectivity index (χ1n) is 7.76. The number of benzene rings is 1. The summed E-state index contributed by atoms with van der Waals surface area (Å²) in [6.45, 7) is 7.23. The lowest BCUT2D eigenvalue weighted by Crippen LogP contribution is -2.43. The van der Waals surface area contributed by atoms with E-state index in [9.17, 15) is 4.39 Å². The number of piperazine rings is 1. The van der Waals surface area contributed by atoms with E-state index in [4.69, 9.17) is 4.74 Å². The maximum absolute atomic E-state index is 13.7. The van der Waals surface area contributed by atoms with E-state index in [1.165, 1.54) is 0 Å². The van der Waals surface area contributed by atoms with E-state index in [0.717, 1.165) is 48.6 Å². The molecule has 0 bridgehead atoms. The summed E-state index contributed by atoms with van der Waals surface area (Å²) in [7, 11) is 1.66. The molecule has 1 fully saturated rings. The largest absolute Gasteiger partial charge is 0.497 e. The zero-order valence-electron chi connectivity index (χ0n) is 13.3.